The summed E-state index contributed by atoms with van der Waals surface area (Å²) in [5.41, 5.74) is 3.04. The van der Waals surface area contributed by atoms with E-state index < -0.39 is 10.0 Å². The number of carbonyl (C=O) groups is 1. The fraction of sp³-hybridized carbons (Fsp3) is 0.350. The van der Waals surface area contributed by atoms with Crippen LogP contribution >= 0.6 is 0 Å². The van der Waals surface area contributed by atoms with Crippen molar-refractivity contribution in [3.8, 4) is 5.75 Å². The first kappa shape index (κ1) is 18.0. The minimum absolute atomic E-state index is 0.107. The number of ether oxygens (including phenoxy) is 1. The molecule has 1 atom stereocenters. The molecule has 2 aliphatic rings. The van der Waals surface area contributed by atoms with E-state index in [0.29, 0.717) is 12.3 Å². The first-order valence-electron chi connectivity index (χ1n) is 8.94. The van der Waals surface area contributed by atoms with Crippen molar-refractivity contribution in [2.45, 2.75) is 24.3 Å². The second kappa shape index (κ2) is 6.65. The molecule has 6 nitrogen and oxygen atoms in total. The van der Waals surface area contributed by atoms with Gasteiger partial charge < -0.3 is 9.64 Å². The number of carbonyl (C=O) groups excluding carboxylic acids is 1. The monoisotopic (exact) mass is 386 g/mol. The molecule has 2 aromatic carbocycles. The van der Waals surface area contributed by atoms with Gasteiger partial charge in [-0.1, -0.05) is 30.3 Å². The standard InChI is InChI=1S/C20H22N2O4S/c1-14-7-8-18(26-2)19(11-14)27(24,25)21-12-17-16-6-4-3-5-15(16)9-10-22(17)20(23)13-21/h3-8,11,17H,9-10,12-13H2,1-2H3/t17-/m1/s1. The van der Waals surface area contributed by atoms with E-state index in [1.165, 1.54) is 17.0 Å². The number of aryl methyl sites for hydroxylation is 1. The summed E-state index contributed by atoms with van der Waals surface area (Å²) in [7, 11) is -2.40. The minimum atomic E-state index is -3.85. The Hall–Kier alpha value is -2.38. The van der Waals surface area contributed by atoms with Crippen LogP contribution in [0.3, 0.4) is 0 Å². The Bertz CT molecular complexity index is 1000. The van der Waals surface area contributed by atoms with Crippen LogP contribution in [0.2, 0.25) is 0 Å². The molecule has 1 fully saturated rings. The molecular formula is C20H22N2O4S. The van der Waals surface area contributed by atoms with Crippen molar-refractivity contribution in [1.29, 1.82) is 0 Å². The number of rotatable bonds is 3. The zero-order chi connectivity index (χ0) is 19.2. The maximum atomic E-state index is 13.3. The van der Waals surface area contributed by atoms with Gasteiger partial charge in [0.15, 0.2) is 0 Å². The smallest absolute Gasteiger partial charge is 0.247 e. The third-order valence-corrected chi connectivity index (χ3v) is 7.19. The van der Waals surface area contributed by atoms with E-state index in [1.54, 1.807) is 18.2 Å². The van der Waals surface area contributed by atoms with Crippen LogP contribution in [0.15, 0.2) is 47.4 Å². The molecule has 0 N–H and O–H groups in total. The van der Waals surface area contributed by atoms with Crippen molar-refractivity contribution >= 4 is 15.9 Å². The molecule has 1 amide bonds. The van der Waals surface area contributed by atoms with Gasteiger partial charge in [0.1, 0.15) is 10.6 Å². The molecule has 0 radical (unpaired) electrons. The average Bonchev–Trinajstić information content (AvgIpc) is 2.67. The van der Waals surface area contributed by atoms with Crippen molar-refractivity contribution in [1.82, 2.24) is 9.21 Å². The predicted octanol–water partition coefficient (Wildman–Crippen LogP) is 2.13. The Morgan fingerprint density at radius 3 is 2.70 bits per heavy atom. The van der Waals surface area contributed by atoms with Crippen molar-refractivity contribution in [2.24, 2.45) is 0 Å². The highest BCUT2D eigenvalue weighted by Gasteiger charge is 2.42. The molecule has 0 bridgehead atoms. The molecule has 0 aromatic heterocycles. The number of methoxy groups -OCH3 is 1. The topological polar surface area (TPSA) is 66.9 Å². The molecule has 27 heavy (non-hydrogen) atoms. The van der Waals surface area contributed by atoms with E-state index in [4.69, 9.17) is 4.74 Å². The van der Waals surface area contributed by atoms with Gasteiger partial charge in [-0.05, 0) is 42.2 Å². The van der Waals surface area contributed by atoms with E-state index in [9.17, 15) is 13.2 Å². The van der Waals surface area contributed by atoms with E-state index >= 15 is 0 Å². The van der Waals surface area contributed by atoms with Crippen LogP contribution in [0, 0.1) is 6.92 Å². The van der Waals surface area contributed by atoms with Gasteiger partial charge in [0, 0.05) is 13.1 Å². The Kier molecular flexibility index (Phi) is 4.44. The molecule has 2 aliphatic heterocycles. The highest BCUT2D eigenvalue weighted by atomic mass is 32.2. The third kappa shape index (κ3) is 3.00. The Balaban J connectivity index is 1.74. The minimum Gasteiger partial charge on any atom is -0.495 e. The van der Waals surface area contributed by atoms with Crippen molar-refractivity contribution in [2.75, 3.05) is 26.7 Å². The lowest BCUT2D eigenvalue weighted by molar-refractivity contribution is -0.138. The summed E-state index contributed by atoms with van der Waals surface area (Å²) in [6.07, 6.45) is 0.802. The Labute approximate surface area is 159 Å². The molecule has 2 aromatic rings. The lowest BCUT2D eigenvalue weighted by Crippen LogP contribution is -2.55. The van der Waals surface area contributed by atoms with Crippen LogP contribution in [-0.2, 0) is 21.2 Å². The zero-order valence-electron chi connectivity index (χ0n) is 15.4. The van der Waals surface area contributed by atoms with Crippen LogP contribution in [0.25, 0.3) is 0 Å². The number of fused-ring (bicyclic) bond motifs is 3. The number of sulfonamides is 1. The normalized spacial score (nSPS) is 20.1. The fourth-order valence-corrected chi connectivity index (χ4v) is 5.59. The quantitative estimate of drug-likeness (QED) is 0.811. The van der Waals surface area contributed by atoms with E-state index in [1.807, 2.05) is 36.1 Å². The number of nitrogens with zero attached hydrogens (tertiary/aromatic N) is 2. The van der Waals surface area contributed by atoms with Gasteiger partial charge in [0.25, 0.3) is 0 Å². The number of benzene rings is 2. The summed E-state index contributed by atoms with van der Waals surface area (Å²) in [5, 5.41) is 0. The molecule has 142 valence electrons. The zero-order valence-corrected chi connectivity index (χ0v) is 16.2. The molecule has 0 aliphatic carbocycles. The summed E-state index contributed by atoms with van der Waals surface area (Å²) < 4.78 is 33.2. The van der Waals surface area contributed by atoms with Gasteiger partial charge in [0.05, 0.1) is 19.7 Å². The second-order valence-corrected chi connectivity index (χ2v) is 8.91. The van der Waals surface area contributed by atoms with Gasteiger partial charge in [-0.25, -0.2) is 8.42 Å². The maximum Gasteiger partial charge on any atom is 0.247 e. The molecule has 2 heterocycles. The second-order valence-electron chi connectivity index (χ2n) is 7.00. The number of piperazine rings is 1. The molecule has 1 saturated heterocycles. The van der Waals surface area contributed by atoms with Crippen LogP contribution in [0.4, 0.5) is 0 Å². The predicted molar refractivity (Wildman–Crippen MR) is 101 cm³/mol. The maximum absolute atomic E-state index is 13.3. The van der Waals surface area contributed by atoms with Gasteiger partial charge >= 0.3 is 0 Å². The van der Waals surface area contributed by atoms with Gasteiger partial charge in [-0.2, -0.15) is 4.31 Å². The van der Waals surface area contributed by atoms with Gasteiger partial charge in [-0.3, -0.25) is 4.79 Å². The van der Waals surface area contributed by atoms with Crippen molar-refractivity contribution in [3.63, 3.8) is 0 Å². The van der Waals surface area contributed by atoms with E-state index in [2.05, 4.69) is 0 Å². The number of hydrogen-bond acceptors (Lipinski definition) is 4. The summed E-state index contributed by atoms with van der Waals surface area (Å²) in [5.74, 6) is 0.135. The Morgan fingerprint density at radius 2 is 1.93 bits per heavy atom. The molecule has 0 spiro atoms. The third-order valence-electron chi connectivity index (χ3n) is 5.36. The van der Waals surface area contributed by atoms with Gasteiger partial charge in [-0.15, -0.1) is 0 Å². The van der Waals surface area contributed by atoms with Crippen LogP contribution in [-0.4, -0.2) is 50.3 Å². The summed E-state index contributed by atoms with van der Waals surface area (Å²) in [6.45, 7) is 2.57. The largest absolute Gasteiger partial charge is 0.495 e. The van der Waals surface area contributed by atoms with E-state index in [-0.39, 0.29) is 29.9 Å². The molecule has 0 saturated carbocycles. The molecule has 4 rings (SSSR count). The van der Waals surface area contributed by atoms with Gasteiger partial charge in [0.2, 0.25) is 15.9 Å². The van der Waals surface area contributed by atoms with Crippen LogP contribution in [0.1, 0.15) is 22.7 Å². The lowest BCUT2D eigenvalue weighted by Gasteiger charge is -2.44. The van der Waals surface area contributed by atoms with Crippen molar-refractivity contribution < 1.29 is 17.9 Å². The van der Waals surface area contributed by atoms with E-state index in [0.717, 1.165) is 17.5 Å². The average molecular weight is 386 g/mol. The summed E-state index contributed by atoms with van der Waals surface area (Å²) in [4.78, 5) is 14.7. The highest BCUT2D eigenvalue weighted by Crippen LogP contribution is 2.36. The fourth-order valence-electron chi connectivity index (χ4n) is 3.95. The molecule has 7 heteroatoms. The molecular weight excluding hydrogens is 364 g/mol. The SMILES string of the molecule is COc1ccc(C)cc1S(=O)(=O)N1CC(=O)N2CCc3ccccc3[C@H]2C1. The summed E-state index contributed by atoms with van der Waals surface area (Å²) in [6, 6.07) is 12.8. The van der Waals surface area contributed by atoms with Crippen LogP contribution < -0.4 is 4.74 Å². The lowest BCUT2D eigenvalue weighted by atomic mass is 9.91. The Morgan fingerprint density at radius 1 is 1.15 bits per heavy atom. The van der Waals surface area contributed by atoms with Crippen LogP contribution in [0.5, 0.6) is 5.75 Å². The first-order valence-corrected chi connectivity index (χ1v) is 10.4. The number of hydrogen-bond donors (Lipinski definition) is 0. The first-order chi connectivity index (χ1) is 12.9. The highest BCUT2D eigenvalue weighted by molar-refractivity contribution is 7.89. The van der Waals surface area contributed by atoms with Crippen molar-refractivity contribution in [3.05, 3.63) is 59.2 Å². The number of amides is 1. The summed E-state index contributed by atoms with van der Waals surface area (Å²) >= 11 is 0. The molecule has 0 unspecified atom stereocenters.